The van der Waals surface area contributed by atoms with E-state index in [0.29, 0.717) is 25.0 Å². The quantitative estimate of drug-likeness (QED) is 0.792. The zero-order chi connectivity index (χ0) is 20.0. The number of amides is 1. The van der Waals surface area contributed by atoms with E-state index in [9.17, 15) is 23.1 Å². The third-order valence-corrected chi connectivity index (χ3v) is 4.97. The van der Waals surface area contributed by atoms with E-state index in [1.54, 1.807) is 12.1 Å². The Bertz CT molecular complexity index is 861. The van der Waals surface area contributed by atoms with Crippen LogP contribution in [0.4, 0.5) is 23.7 Å². The highest BCUT2D eigenvalue weighted by molar-refractivity contribution is 5.92. The van der Waals surface area contributed by atoms with Crippen molar-refractivity contribution in [1.29, 1.82) is 0 Å². The van der Waals surface area contributed by atoms with Gasteiger partial charge in [0.05, 0.1) is 11.6 Å². The van der Waals surface area contributed by atoms with Gasteiger partial charge in [-0.15, -0.1) is 0 Å². The van der Waals surface area contributed by atoms with Crippen LogP contribution < -0.4 is 4.90 Å². The molecule has 1 aliphatic rings. The predicted molar refractivity (Wildman–Crippen MR) is 96.9 cm³/mol. The number of carbonyl (C=O) groups is 1. The molecule has 1 saturated heterocycles. The highest BCUT2D eigenvalue weighted by Crippen LogP contribution is 2.35. The Hall–Kier alpha value is -2.51. The highest BCUT2D eigenvalue weighted by Gasteiger charge is 2.38. The molecule has 8 heteroatoms. The maximum atomic E-state index is 12.9. The molecule has 1 amide bonds. The van der Waals surface area contributed by atoms with Crippen LogP contribution in [0.2, 0.25) is 0 Å². The van der Waals surface area contributed by atoms with Gasteiger partial charge in [0.1, 0.15) is 5.69 Å². The molecule has 3 rings (SSSR count). The molecule has 1 unspecified atom stereocenters. The Morgan fingerprint density at radius 3 is 2.44 bits per heavy atom. The molecule has 2 heterocycles. The third kappa shape index (κ3) is 3.79. The van der Waals surface area contributed by atoms with Crippen molar-refractivity contribution in [3.05, 3.63) is 36.0 Å². The Morgan fingerprint density at radius 2 is 1.85 bits per heavy atom. The molecular formula is C19H22F3N3O2. The van der Waals surface area contributed by atoms with E-state index in [-0.39, 0.29) is 17.0 Å². The first-order chi connectivity index (χ1) is 12.5. The molecule has 5 nitrogen and oxygen atoms in total. The number of aromatic nitrogens is 1. The van der Waals surface area contributed by atoms with E-state index in [0.717, 1.165) is 11.8 Å². The number of anilines is 1. The molecule has 0 spiro atoms. The van der Waals surface area contributed by atoms with Crippen molar-refractivity contribution in [2.24, 2.45) is 5.41 Å². The summed E-state index contributed by atoms with van der Waals surface area (Å²) in [5.41, 5.74) is -0.151. The smallest absolute Gasteiger partial charge is 0.433 e. The minimum atomic E-state index is -4.49. The molecule has 1 fully saturated rings. The number of carboxylic acid groups (broad SMARTS) is 1. The zero-order valence-electron chi connectivity index (χ0n) is 15.4. The number of hydrogen-bond acceptors (Lipinski definition) is 3. The van der Waals surface area contributed by atoms with Gasteiger partial charge < -0.3 is 14.9 Å². The van der Waals surface area contributed by atoms with Crippen LogP contribution in [-0.4, -0.2) is 46.8 Å². The van der Waals surface area contributed by atoms with Crippen LogP contribution in [-0.2, 0) is 6.18 Å². The molecular weight excluding hydrogens is 359 g/mol. The number of pyridine rings is 1. The fraction of sp³-hybridized carbons (Fsp3) is 0.474. The number of benzene rings is 1. The van der Waals surface area contributed by atoms with Gasteiger partial charge in [-0.25, -0.2) is 9.78 Å². The topological polar surface area (TPSA) is 56.7 Å². The molecule has 1 atom stereocenters. The third-order valence-electron chi connectivity index (χ3n) is 4.97. The molecule has 27 heavy (non-hydrogen) atoms. The van der Waals surface area contributed by atoms with Crippen LogP contribution in [0.3, 0.4) is 0 Å². The summed E-state index contributed by atoms with van der Waals surface area (Å²) >= 11 is 0. The molecule has 146 valence electrons. The molecule has 0 aliphatic carbocycles. The summed E-state index contributed by atoms with van der Waals surface area (Å²) in [4.78, 5) is 18.8. The Morgan fingerprint density at radius 1 is 1.15 bits per heavy atom. The summed E-state index contributed by atoms with van der Waals surface area (Å²) in [7, 11) is 0. The van der Waals surface area contributed by atoms with Crippen molar-refractivity contribution in [2.45, 2.75) is 33.0 Å². The van der Waals surface area contributed by atoms with Gasteiger partial charge in [0.15, 0.2) is 0 Å². The van der Waals surface area contributed by atoms with Crippen LogP contribution in [0.1, 0.15) is 26.5 Å². The summed E-state index contributed by atoms with van der Waals surface area (Å²) in [5, 5.41) is 10.1. The molecule has 0 bridgehead atoms. The number of rotatable bonds is 1. The lowest BCUT2D eigenvalue weighted by Gasteiger charge is -2.46. The number of hydrogen-bond donors (Lipinski definition) is 1. The fourth-order valence-electron chi connectivity index (χ4n) is 3.54. The fourth-order valence-corrected chi connectivity index (χ4v) is 3.54. The lowest BCUT2D eigenvalue weighted by Crippen LogP contribution is -2.59. The maximum Gasteiger partial charge on any atom is 0.433 e. The zero-order valence-corrected chi connectivity index (χ0v) is 15.4. The van der Waals surface area contributed by atoms with Crippen molar-refractivity contribution >= 4 is 22.7 Å². The van der Waals surface area contributed by atoms with E-state index < -0.39 is 18.0 Å². The van der Waals surface area contributed by atoms with Crippen LogP contribution >= 0.6 is 0 Å². The van der Waals surface area contributed by atoms with Gasteiger partial charge in [-0.2, -0.15) is 13.2 Å². The minimum Gasteiger partial charge on any atom is -0.465 e. The Kier molecular flexibility index (Phi) is 4.69. The first kappa shape index (κ1) is 19.3. The summed E-state index contributed by atoms with van der Waals surface area (Å²) < 4.78 is 38.8. The van der Waals surface area contributed by atoms with E-state index in [1.165, 1.54) is 11.0 Å². The molecule has 0 radical (unpaired) electrons. The number of piperazine rings is 1. The first-order valence-corrected chi connectivity index (χ1v) is 8.70. The van der Waals surface area contributed by atoms with E-state index in [1.807, 2.05) is 31.7 Å². The number of halogens is 3. The van der Waals surface area contributed by atoms with E-state index in [2.05, 4.69) is 4.98 Å². The standard InChI is InChI=1S/C19H22F3N3O2/c1-18(2,3)16-11-24(9-10-25(16)17(26)27)14-6-4-5-13-12(14)7-8-15(23-13)19(20,21)22/h4-8,16H,9-11H2,1-3H3,(H,26,27). The first-order valence-electron chi connectivity index (χ1n) is 8.70. The lowest BCUT2D eigenvalue weighted by molar-refractivity contribution is -0.140. The number of fused-ring (bicyclic) bond motifs is 1. The van der Waals surface area contributed by atoms with Gasteiger partial charge >= 0.3 is 12.3 Å². The normalized spacial score (nSPS) is 18.8. The molecule has 2 aromatic rings. The largest absolute Gasteiger partial charge is 0.465 e. The Balaban J connectivity index is 1.99. The summed E-state index contributed by atoms with van der Waals surface area (Å²) in [6.07, 6.45) is -5.45. The lowest BCUT2D eigenvalue weighted by atomic mass is 9.84. The summed E-state index contributed by atoms with van der Waals surface area (Å²) in [6, 6.07) is 7.27. The predicted octanol–water partition coefficient (Wildman–Crippen LogP) is 4.47. The highest BCUT2D eigenvalue weighted by atomic mass is 19.4. The molecule has 1 N–H and O–H groups in total. The minimum absolute atomic E-state index is 0.235. The van der Waals surface area contributed by atoms with Crippen LogP contribution in [0.5, 0.6) is 0 Å². The van der Waals surface area contributed by atoms with Crippen LogP contribution in [0, 0.1) is 5.41 Å². The average Bonchev–Trinajstić information content (AvgIpc) is 2.58. The molecule has 1 aromatic carbocycles. The Labute approximate surface area is 155 Å². The van der Waals surface area contributed by atoms with Gasteiger partial charge in [0.2, 0.25) is 0 Å². The maximum absolute atomic E-state index is 12.9. The van der Waals surface area contributed by atoms with Crippen molar-refractivity contribution in [3.63, 3.8) is 0 Å². The van der Waals surface area contributed by atoms with Gasteiger partial charge in [-0.05, 0) is 29.7 Å². The van der Waals surface area contributed by atoms with Gasteiger partial charge in [0, 0.05) is 30.7 Å². The summed E-state index contributed by atoms with van der Waals surface area (Å²) in [6.45, 7) is 7.22. The van der Waals surface area contributed by atoms with Gasteiger partial charge in [0.25, 0.3) is 0 Å². The average molecular weight is 381 g/mol. The van der Waals surface area contributed by atoms with E-state index >= 15 is 0 Å². The monoisotopic (exact) mass is 381 g/mol. The second-order valence-electron chi connectivity index (χ2n) is 7.84. The van der Waals surface area contributed by atoms with Crippen molar-refractivity contribution in [2.75, 3.05) is 24.5 Å². The van der Waals surface area contributed by atoms with Crippen molar-refractivity contribution in [3.8, 4) is 0 Å². The summed E-state index contributed by atoms with van der Waals surface area (Å²) in [5.74, 6) is 0. The van der Waals surface area contributed by atoms with Crippen LogP contribution in [0.25, 0.3) is 10.9 Å². The second-order valence-corrected chi connectivity index (χ2v) is 7.84. The van der Waals surface area contributed by atoms with Crippen molar-refractivity contribution < 1.29 is 23.1 Å². The second kappa shape index (κ2) is 6.58. The van der Waals surface area contributed by atoms with Crippen LogP contribution in [0.15, 0.2) is 30.3 Å². The van der Waals surface area contributed by atoms with E-state index in [4.69, 9.17) is 0 Å². The molecule has 1 aliphatic heterocycles. The van der Waals surface area contributed by atoms with Crippen molar-refractivity contribution in [1.82, 2.24) is 9.88 Å². The SMILES string of the molecule is CC(C)(C)C1CN(c2cccc3nc(C(F)(F)F)ccc23)CCN1C(=O)O. The molecule has 0 saturated carbocycles. The van der Waals surface area contributed by atoms with Gasteiger partial charge in [-0.1, -0.05) is 26.8 Å². The number of nitrogens with zero attached hydrogens (tertiary/aromatic N) is 3. The molecule has 1 aromatic heterocycles. The number of alkyl halides is 3. The van der Waals surface area contributed by atoms with Gasteiger partial charge in [-0.3, -0.25) is 0 Å².